The number of nitrogens with two attached hydrogens (primary N) is 1. The van der Waals surface area contributed by atoms with Gasteiger partial charge in [0.15, 0.2) is 6.61 Å². The van der Waals surface area contributed by atoms with Gasteiger partial charge < -0.3 is 20.5 Å². The van der Waals surface area contributed by atoms with Gasteiger partial charge in [0.2, 0.25) is 5.91 Å². The van der Waals surface area contributed by atoms with Crippen LogP contribution in [0.2, 0.25) is 5.02 Å². The highest BCUT2D eigenvalue weighted by Gasteiger charge is 2.19. The highest BCUT2D eigenvalue weighted by molar-refractivity contribution is 6.31. The lowest BCUT2D eigenvalue weighted by Crippen LogP contribution is -2.43. The van der Waals surface area contributed by atoms with E-state index in [2.05, 4.69) is 0 Å². The first-order valence-corrected chi connectivity index (χ1v) is 6.34. The zero-order valence-corrected chi connectivity index (χ0v) is 12.1. The number of carboxylic acid groups (broad SMARTS) is 1. The Balaban J connectivity index is 2.65. The van der Waals surface area contributed by atoms with E-state index in [1.807, 2.05) is 0 Å². The molecule has 8 heteroatoms. The molecule has 114 valence electrons. The van der Waals surface area contributed by atoms with E-state index in [0.29, 0.717) is 10.8 Å². The molecule has 0 aromatic heterocycles. The summed E-state index contributed by atoms with van der Waals surface area (Å²) in [5.74, 6) is -2.28. The van der Waals surface area contributed by atoms with Gasteiger partial charge in [-0.1, -0.05) is 11.6 Å². The van der Waals surface area contributed by atoms with E-state index in [1.165, 1.54) is 0 Å². The lowest BCUT2D eigenvalue weighted by molar-refractivity contribution is -0.146. The number of halogens is 1. The molecule has 0 radical (unpaired) electrons. The topological polar surface area (TPSA) is 110 Å². The fourth-order valence-electron chi connectivity index (χ4n) is 1.53. The molecule has 1 rings (SSSR count). The first-order valence-electron chi connectivity index (χ1n) is 5.96. The Morgan fingerprint density at radius 1 is 1.33 bits per heavy atom. The fraction of sp³-hybridized carbons (Fsp3) is 0.308. The fourth-order valence-corrected chi connectivity index (χ4v) is 1.64. The summed E-state index contributed by atoms with van der Waals surface area (Å²) < 4.78 is 5.25. The molecule has 7 nitrogen and oxygen atoms in total. The molecule has 0 heterocycles. The summed E-state index contributed by atoms with van der Waals surface area (Å²) in [6, 6.07) is 4.85. The Kier molecular flexibility index (Phi) is 5.98. The van der Waals surface area contributed by atoms with Crippen LogP contribution in [-0.4, -0.2) is 47.5 Å². The highest BCUT2D eigenvalue weighted by Crippen LogP contribution is 2.20. The van der Waals surface area contributed by atoms with Crippen LogP contribution in [0.15, 0.2) is 18.2 Å². The molecule has 0 fully saturated rings. The number of primary amides is 1. The Morgan fingerprint density at radius 3 is 2.52 bits per heavy atom. The molecule has 0 spiro atoms. The van der Waals surface area contributed by atoms with Crippen LogP contribution >= 0.6 is 11.6 Å². The Hall–Kier alpha value is -2.28. The van der Waals surface area contributed by atoms with Crippen molar-refractivity contribution in [2.24, 2.45) is 5.73 Å². The van der Waals surface area contributed by atoms with E-state index in [-0.39, 0.29) is 0 Å². The molecular weight excluding hydrogens is 300 g/mol. The van der Waals surface area contributed by atoms with Crippen molar-refractivity contribution < 1.29 is 24.2 Å². The molecule has 0 aliphatic rings. The maximum Gasteiger partial charge on any atom is 0.323 e. The SMILES string of the molecule is Cc1cc(OCC(=O)N(CC(N)=O)CC(=O)O)ccc1Cl. The van der Waals surface area contributed by atoms with Crippen LogP contribution in [0, 0.1) is 6.92 Å². The number of aliphatic carboxylic acids is 1. The van der Waals surface area contributed by atoms with Gasteiger partial charge in [0.05, 0.1) is 0 Å². The van der Waals surface area contributed by atoms with Gasteiger partial charge in [-0.25, -0.2) is 0 Å². The molecule has 21 heavy (non-hydrogen) atoms. The quantitative estimate of drug-likeness (QED) is 0.758. The number of ether oxygens (including phenoxy) is 1. The summed E-state index contributed by atoms with van der Waals surface area (Å²) >= 11 is 5.86. The predicted molar refractivity (Wildman–Crippen MR) is 75.1 cm³/mol. The number of carboxylic acids is 1. The number of nitrogens with zero attached hydrogens (tertiary/aromatic N) is 1. The number of benzene rings is 1. The van der Waals surface area contributed by atoms with Gasteiger partial charge in [0.1, 0.15) is 18.8 Å². The lowest BCUT2D eigenvalue weighted by atomic mass is 10.2. The molecule has 0 unspecified atom stereocenters. The summed E-state index contributed by atoms with van der Waals surface area (Å²) in [5.41, 5.74) is 5.75. The van der Waals surface area contributed by atoms with Gasteiger partial charge in [0, 0.05) is 5.02 Å². The Labute approximate surface area is 126 Å². The maximum absolute atomic E-state index is 11.8. The molecule has 0 aliphatic heterocycles. The smallest absolute Gasteiger partial charge is 0.323 e. The highest BCUT2D eigenvalue weighted by atomic mass is 35.5. The second-order valence-corrected chi connectivity index (χ2v) is 4.72. The van der Waals surface area contributed by atoms with Gasteiger partial charge in [-0.3, -0.25) is 14.4 Å². The van der Waals surface area contributed by atoms with Crippen molar-refractivity contribution in [3.05, 3.63) is 28.8 Å². The second kappa shape index (κ2) is 7.49. The van der Waals surface area contributed by atoms with Crippen molar-refractivity contribution >= 4 is 29.4 Å². The van der Waals surface area contributed by atoms with E-state index in [0.717, 1.165) is 10.5 Å². The minimum Gasteiger partial charge on any atom is -0.484 e. The summed E-state index contributed by atoms with van der Waals surface area (Å²) in [6.07, 6.45) is 0. The average Bonchev–Trinajstić information content (AvgIpc) is 2.38. The van der Waals surface area contributed by atoms with E-state index in [1.54, 1.807) is 25.1 Å². The second-order valence-electron chi connectivity index (χ2n) is 4.31. The van der Waals surface area contributed by atoms with E-state index in [4.69, 9.17) is 27.2 Å². The number of hydrogen-bond acceptors (Lipinski definition) is 4. The van der Waals surface area contributed by atoms with Crippen molar-refractivity contribution in [1.29, 1.82) is 0 Å². The Bertz CT molecular complexity index is 545. The third-order valence-electron chi connectivity index (χ3n) is 2.52. The van der Waals surface area contributed by atoms with Crippen molar-refractivity contribution in [2.75, 3.05) is 19.7 Å². The first-order chi connectivity index (χ1) is 9.79. The van der Waals surface area contributed by atoms with Crippen molar-refractivity contribution in [3.63, 3.8) is 0 Å². The number of amides is 2. The van der Waals surface area contributed by atoms with E-state index >= 15 is 0 Å². The molecule has 2 amide bonds. The Morgan fingerprint density at radius 2 is 2.00 bits per heavy atom. The molecule has 0 bridgehead atoms. The van der Waals surface area contributed by atoms with Crippen molar-refractivity contribution in [3.8, 4) is 5.75 Å². The molecule has 3 N–H and O–H groups in total. The number of carbonyl (C=O) groups excluding carboxylic acids is 2. The number of rotatable bonds is 7. The number of hydrogen-bond donors (Lipinski definition) is 2. The number of aryl methyl sites for hydroxylation is 1. The summed E-state index contributed by atoms with van der Waals surface area (Å²) in [5, 5.41) is 9.26. The minimum absolute atomic E-state index is 0.401. The van der Waals surface area contributed by atoms with Gasteiger partial charge in [-0.05, 0) is 30.7 Å². The van der Waals surface area contributed by atoms with Crippen LogP contribution in [-0.2, 0) is 14.4 Å². The molecule has 0 saturated carbocycles. The standard InChI is InChI=1S/C13H15ClN2O5/c1-8-4-9(2-3-10(8)14)21-7-12(18)16(5-11(15)17)6-13(19)20/h2-4H,5-7H2,1H3,(H2,15,17)(H,19,20). The third-order valence-corrected chi connectivity index (χ3v) is 2.94. The third kappa shape index (κ3) is 5.70. The van der Waals surface area contributed by atoms with Crippen LogP contribution in [0.25, 0.3) is 0 Å². The molecule has 1 aromatic carbocycles. The lowest BCUT2D eigenvalue weighted by Gasteiger charge is -2.19. The van der Waals surface area contributed by atoms with Crippen LogP contribution < -0.4 is 10.5 Å². The molecule has 0 saturated heterocycles. The number of carbonyl (C=O) groups is 3. The zero-order valence-electron chi connectivity index (χ0n) is 11.3. The normalized spacial score (nSPS) is 10.0. The largest absolute Gasteiger partial charge is 0.484 e. The van der Waals surface area contributed by atoms with Crippen LogP contribution in [0.5, 0.6) is 5.75 Å². The first kappa shape index (κ1) is 16.8. The van der Waals surface area contributed by atoms with Crippen LogP contribution in [0.1, 0.15) is 5.56 Å². The van der Waals surface area contributed by atoms with Crippen LogP contribution in [0.4, 0.5) is 0 Å². The van der Waals surface area contributed by atoms with Crippen molar-refractivity contribution in [1.82, 2.24) is 4.90 Å². The van der Waals surface area contributed by atoms with Gasteiger partial charge in [-0.15, -0.1) is 0 Å². The van der Waals surface area contributed by atoms with Crippen LogP contribution in [0.3, 0.4) is 0 Å². The summed E-state index contributed by atoms with van der Waals surface area (Å²) in [7, 11) is 0. The van der Waals surface area contributed by atoms with Gasteiger partial charge in [0.25, 0.3) is 5.91 Å². The molecule has 0 atom stereocenters. The summed E-state index contributed by atoms with van der Waals surface area (Å²) in [6.45, 7) is 0.279. The summed E-state index contributed by atoms with van der Waals surface area (Å²) in [4.78, 5) is 34.1. The van der Waals surface area contributed by atoms with Gasteiger partial charge in [-0.2, -0.15) is 0 Å². The van der Waals surface area contributed by atoms with Crippen molar-refractivity contribution in [2.45, 2.75) is 6.92 Å². The minimum atomic E-state index is -1.24. The van der Waals surface area contributed by atoms with E-state index in [9.17, 15) is 14.4 Å². The van der Waals surface area contributed by atoms with Gasteiger partial charge >= 0.3 is 5.97 Å². The maximum atomic E-state index is 11.8. The predicted octanol–water partition coefficient (Wildman–Crippen LogP) is 0.426. The molecule has 0 aliphatic carbocycles. The molecule has 1 aromatic rings. The molecular formula is C13H15ClN2O5. The van der Waals surface area contributed by atoms with E-state index < -0.39 is 37.5 Å². The average molecular weight is 315 g/mol. The zero-order chi connectivity index (χ0) is 16.0. The monoisotopic (exact) mass is 314 g/mol.